The summed E-state index contributed by atoms with van der Waals surface area (Å²) >= 11 is 0. The fraction of sp³-hybridized carbons (Fsp3) is 0.700. The van der Waals surface area contributed by atoms with Gasteiger partial charge in [0.25, 0.3) is 0 Å². The van der Waals surface area contributed by atoms with Crippen molar-refractivity contribution in [3.8, 4) is 0 Å². The minimum Gasteiger partial charge on any atom is -0.396 e. The van der Waals surface area contributed by atoms with E-state index in [1.807, 2.05) is 6.92 Å². The van der Waals surface area contributed by atoms with Crippen molar-refractivity contribution in [2.45, 2.75) is 40.4 Å². The molecule has 0 fully saturated rings. The Morgan fingerprint density at radius 3 is 2.36 bits per heavy atom. The second-order valence-corrected chi connectivity index (χ2v) is 3.69. The van der Waals surface area contributed by atoms with E-state index in [9.17, 15) is 4.79 Å². The summed E-state index contributed by atoms with van der Waals surface area (Å²) in [5.74, 6) is 0.737. The van der Waals surface area contributed by atoms with E-state index in [1.165, 1.54) is 0 Å². The minimum atomic E-state index is -0.668. The Morgan fingerprint density at radius 1 is 1.29 bits per heavy atom. The molecule has 1 unspecified atom stereocenters. The van der Waals surface area contributed by atoms with Gasteiger partial charge in [-0.05, 0) is 19.8 Å². The van der Waals surface area contributed by atoms with Crippen LogP contribution in [0.15, 0.2) is 13.6 Å². The maximum Gasteiger partial charge on any atom is 0.519 e. The Balaban J connectivity index is 2.53. The summed E-state index contributed by atoms with van der Waals surface area (Å²) in [5.41, 5.74) is 0. The maximum atomic E-state index is 10.7. The molecule has 0 radical (unpaired) electrons. The average molecular weight is 200 g/mol. The Bertz CT molecular complexity index is 334. The summed E-state index contributed by atoms with van der Waals surface area (Å²) in [7, 11) is 0. The van der Waals surface area contributed by atoms with Crippen molar-refractivity contribution in [1.29, 1.82) is 0 Å². The Hall–Kier alpha value is -1.03. The summed E-state index contributed by atoms with van der Waals surface area (Å²) in [6.07, 6.45) is 0.134. The fourth-order valence-electron chi connectivity index (χ4n) is 0.906. The van der Waals surface area contributed by atoms with Gasteiger partial charge in [0.1, 0.15) is 12.4 Å². The number of aryl methyl sites for hydroxylation is 1. The van der Waals surface area contributed by atoms with Gasteiger partial charge in [0.15, 0.2) is 5.76 Å². The Labute approximate surface area is 82.9 Å². The molecule has 0 bridgehead atoms. The molecule has 0 spiro atoms. The van der Waals surface area contributed by atoms with Crippen LogP contribution in [0.1, 0.15) is 32.3 Å². The van der Waals surface area contributed by atoms with Gasteiger partial charge in [0.2, 0.25) is 0 Å². The third kappa shape index (κ3) is 2.73. The summed E-state index contributed by atoms with van der Waals surface area (Å²) in [5, 5.41) is 0. The van der Waals surface area contributed by atoms with Crippen molar-refractivity contribution >= 4 is 0 Å². The van der Waals surface area contributed by atoms with Gasteiger partial charge >= 0.3 is 5.82 Å². The number of hydrogen-bond donors (Lipinski definition) is 0. The molecule has 0 saturated heterocycles. The molecule has 1 heterocycles. The van der Waals surface area contributed by atoms with E-state index in [0.717, 1.165) is 0 Å². The van der Waals surface area contributed by atoms with Gasteiger partial charge in [-0.3, -0.25) is 0 Å². The van der Waals surface area contributed by atoms with E-state index in [2.05, 4.69) is 13.8 Å². The first kappa shape index (κ1) is 11.0. The molecular formula is C10H16O4. The lowest BCUT2D eigenvalue weighted by atomic mass is 10.1. The highest BCUT2D eigenvalue weighted by Crippen LogP contribution is 2.11. The SMILES string of the molecule is Cc1oc(=O)oc1COC(C)C(C)C. The van der Waals surface area contributed by atoms with Crippen molar-refractivity contribution in [3.63, 3.8) is 0 Å². The second-order valence-electron chi connectivity index (χ2n) is 3.69. The quantitative estimate of drug-likeness (QED) is 0.746. The predicted molar refractivity (Wildman–Crippen MR) is 51.1 cm³/mol. The van der Waals surface area contributed by atoms with Gasteiger partial charge in [-0.1, -0.05) is 13.8 Å². The van der Waals surface area contributed by atoms with Gasteiger partial charge in [-0.15, -0.1) is 0 Å². The molecule has 1 rings (SSSR count). The highest BCUT2D eigenvalue weighted by Gasteiger charge is 2.12. The highest BCUT2D eigenvalue weighted by atomic mass is 16.6. The van der Waals surface area contributed by atoms with Crippen LogP contribution in [0.2, 0.25) is 0 Å². The number of ether oxygens (including phenoxy) is 1. The van der Waals surface area contributed by atoms with Crippen LogP contribution in [0.25, 0.3) is 0 Å². The van der Waals surface area contributed by atoms with Gasteiger partial charge in [0, 0.05) is 0 Å². The van der Waals surface area contributed by atoms with Gasteiger partial charge in [0.05, 0.1) is 6.10 Å². The maximum absolute atomic E-state index is 10.7. The average Bonchev–Trinajstić information content (AvgIpc) is 2.40. The lowest BCUT2D eigenvalue weighted by Crippen LogP contribution is -2.15. The zero-order chi connectivity index (χ0) is 10.7. The van der Waals surface area contributed by atoms with Crippen LogP contribution >= 0.6 is 0 Å². The third-order valence-corrected chi connectivity index (χ3v) is 2.25. The molecular weight excluding hydrogens is 184 g/mol. The minimum absolute atomic E-state index is 0.134. The molecule has 0 aliphatic carbocycles. The van der Waals surface area contributed by atoms with E-state index in [-0.39, 0.29) is 12.7 Å². The van der Waals surface area contributed by atoms with Crippen LogP contribution in [0.5, 0.6) is 0 Å². The summed E-state index contributed by atoms with van der Waals surface area (Å²) in [6, 6.07) is 0. The van der Waals surface area contributed by atoms with E-state index in [4.69, 9.17) is 13.6 Å². The van der Waals surface area contributed by atoms with Crippen LogP contribution in [0.4, 0.5) is 0 Å². The molecule has 14 heavy (non-hydrogen) atoms. The van der Waals surface area contributed by atoms with Gasteiger partial charge < -0.3 is 13.6 Å². The standard InChI is InChI=1S/C10H16O4/c1-6(2)7(3)12-5-9-8(4)13-10(11)14-9/h6-7H,5H2,1-4H3. The molecule has 1 atom stereocenters. The van der Waals surface area contributed by atoms with Crippen molar-refractivity contribution in [2.75, 3.05) is 0 Å². The van der Waals surface area contributed by atoms with E-state index in [1.54, 1.807) is 6.92 Å². The van der Waals surface area contributed by atoms with Crippen LogP contribution < -0.4 is 5.82 Å². The summed E-state index contributed by atoms with van der Waals surface area (Å²) in [4.78, 5) is 10.7. The van der Waals surface area contributed by atoms with Crippen LogP contribution in [0.3, 0.4) is 0 Å². The largest absolute Gasteiger partial charge is 0.519 e. The van der Waals surface area contributed by atoms with Crippen molar-refractivity contribution in [1.82, 2.24) is 0 Å². The lowest BCUT2D eigenvalue weighted by molar-refractivity contribution is 0.0142. The fourth-order valence-corrected chi connectivity index (χ4v) is 0.906. The van der Waals surface area contributed by atoms with E-state index in [0.29, 0.717) is 17.4 Å². The summed E-state index contributed by atoms with van der Waals surface area (Å²) in [6.45, 7) is 8.10. The van der Waals surface area contributed by atoms with Crippen LogP contribution in [-0.4, -0.2) is 6.10 Å². The number of hydrogen-bond acceptors (Lipinski definition) is 4. The molecule has 0 aromatic carbocycles. The van der Waals surface area contributed by atoms with E-state index >= 15 is 0 Å². The molecule has 0 aliphatic rings. The van der Waals surface area contributed by atoms with Crippen molar-refractivity contribution in [2.24, 2.45) is 5.92 Å². The monoisotopic (exact) mass is 200 g/mol. The highest BCUT2D eigenvalue weighted by molar-refractivity contribution is 4.98. The summed E-state index contributed by atoms with van der Waals surface area (Å²) < 4.78 is 15.0. The first-order chi connectivity index (χ1) is 6.50. The normalized spacial score (nSPS) is 13.5. The molecule has 1 aromatic heterocycles. The molecule has 80 valence electrons. The molecule has 0 amide bonds. The zero-order valence-electron chi connectivity index (χ0n) is 8.99. The molecule has 0 N–H and O–H groups in total. The van der Waals surface area contributed by atoms with E-state index < -0.39 is 5.82 Å². The van der Waals surface area contributed by atoms with Gasteiger partial charge in [-0.2, -0.15) is 0 Å². The Morgan fingerprint density at radius 2 is 1.93 bits per heavy atom. The predicted octanol–water partition coefficient (Wildman–Crippen LogP) is 2.10. The first-order valence-corrected chi connectivity index (χ1v) is 4.71. The topological polar surface area (TPSA) is 52.6 Å². The second kappa shape index (κ2) is 4.46. The zero-order valence-corrected chi connectivity index (χ0v) is 8.99. The molecule has 4 heteroatoms. The molecule has 0 saturated carbocycles. The van der Waals surface area contributed by atoms with Crippen LogP contribution in [0, 0.1) is 12.8 Å². The Kier molecular flexibility index (Phi) is 3.52. The van der Waals surface area contributed by atoms with Gasteiger partial charge in [-0.25, -0.2) is 4.79 Å². The van der Waals surface area contributed by atoms with Crippen molar-refractivity contribution in [3.05, 3.63) is 22.1 Å². The third-order valence-electron chi connectivity index (χ3n) is 2.25. The van der Waals surface area contributed by atoms with Crippen LogP contribution in [-0.2, 0) is 11.3 Å². The molecule has 0 aliphatic heterocycles. The first-order valence-electron chi connectivity index (χ1n) is 4.71. The molecule has 4 nitrogen and oxygen atoms in total. The number of rotatable bonds is 4. The molecule has 1 aromatic rings. The van der Waals surface area contributed by atoms with Crippen molar-refractivity contribution < 1.29 is 13.6 Å². The lowest BCUT2D eigenvalue weighted by Gasteiger charge is -2.15. The smallest absolute Gasteiger partial charge is 0.396 e.